The van der Waals surface area contributed by atoms with Crippen LogP contribution in [-0.2, 0) is 17.4 Å². The summed E-state index contributed by atoms with van der Waals surface area (Å²) in [5.41, 5.74) is 4.09. The molecule has 0 aromatic carbocycles. The Labute approximate surface area is 82.5 Å². The van der Waals surface area contributed by atoms with Gasteiger partial charge in [0.1, 0.15) is 5.82 Å². The van der Waals surface area contributed by atoms with Crippen molar-refractivity contribution >= 4 is 11.8 Å². The van der Waals surface area contributed by atoms with Gasteiger partial charge >= 0.3 is 12.1 Å². The fourth-order valence-electron chi connectivity index (χ4n) is 0.980. The summed E-state index contributed by atoms with van der Waals surface area (Å²) in [5, 5.41) is 8.42. The Kier molecular flexibility index (Phi) is 2.83. The van der Waals surface area contributed by atoms with Crippen LogP contribution in [0.4, 0.5) is 19.0 Å². The van der Waals surface area contributed by atoms with Gasteiger partial charge in [0, 0.05) is 11.8 Å². The lowest BCUT2D eigenvalue weighted by atomic mass is 10.1. The number of pyridine rings is 1. The highest BCUT2D eigenvalue weighted by molar-refractivity contribution is 5.72. The maximum absolute atomic E-state index is 12.2. The third kappa shape index (κ3) is 2.83. The molecule has 0 bridgehead atoms. The van der Waals surface area contributed by atoms with Gasteiger partial charge in [-0.1, -0.05) is 0 Å². The summed E-state index contributed by atoms with van der Waals surface area (Å²) in [7, 11) is 0. The van der Waals surface area contributed by atoms with Gasteiger partial charge in [0.25, 0.3) is 0 Å². The topological polar surface area (TPSA) is 76.2 Å². The van der Waals surface area contributed by atoms with Crippen molar-refractivity contribution in [1.29, 1.82) is 0 Å². The van der Waals surface area contributed by atoms with Gasteiger partial charge in [0.05, 0.1) is 12.0 Å². The van der Waals surface area contributed by atoms with Crippen molar-refractivity contribution in [3.05, 3.63) is 23.4 Å². The summed E-state index contributed by atoms with van der Waals surface area (Å²) in [6.07, 6.45) is -4.56. The number of halogens is 3. The SMILES string of the molecule is Nc1ncc(C(F)(F)F)cc1CC(=O)O. The average molecular weight is 220 g/mol. The number of alkyl halides is 3. The van der Waals surface area contributed by atoms with Crippen LogP contribution >= 0.6 is 0 Å². The number of aliphatic carboxylic acids is 1. The number of anilines is 1. The molecule has 3 N–H and O–H groups in total. The number of hydrogen-bond acceptors (Lipinski definition) is 3. The van der Waals surface area contributed by atoms with E-state index in [4.69, 9.17) is 10.8 Å². The number of aromatic nitrogens is 1. The lowest BCUT2D eigenvalue weighted by Gasteiger charge is -2.08. The van der Waals surface area contributed by atoms with Crippen molar-refractivity contribution in [1.82, 2.24) is 4.98 Å². The van der Waals surface area contributed by atoms with Crippen molar-refractivity contribution in [2.75, 3.05) is 5.73 Å². The highest BCUT2D eigenvalue weighted by Gasteiger charge is 2.31. The number of hydrogen-bond donors (Lipinski definition) is 2. The van der Waals surface area contributed by atoms with Crippen LogP contribution in [0.3, 0.4) is 0 Å². The standard InChI is InChI=1S/C8H7F3N2O2/c9-8(10,11)5-1-4(2-6(14)15)7(12)13-3-5/h1,3H,2H2,(H2,12,13)(H,14,15). The molecule has 1 aromatic rings. The lowest BCUT2D eigenvalue weighted by Crippen LogP contribution is -2.10. The van der Waals surface area contributed by atoms with Crippen LogP contribution in [-0.4, -0.2) is 16.1 Å². The molecule has 82 valence electrons. The molecule has 0 aliphatic carbocycles. The second-order valence-electron chi connectivity index (χ2n) is 2.84. The highest BCUT2D eigenvalue weighted by Crippen LogP contribution is 2.30. The fraction of sp³-hybridized carbons (Fsp3) is 0.250. The molecule has 15 heavy (non-hydrogen) atoms. The van der Waals surface area contributed by atoms with Gasteiger partial charge in [0.2, 0.25) is 0 Å². The molecule has 1 heterocycles. The van der Waals surface area contributed by atoms with Crippen LogP contribution in [0, 0.1) is 0 Å². The van der Waals surface area contributed by atoms with Gasteiger partial charge in [-0.05, 0) is 6.07 Å². The third-order valence-corrected chi connectivity index (χ3v) is 1.67. The largest absolute Gasteiger partial charge is 0.481 e. The zero-order valence-electron chi connectivity index (χ0n) is 7.38. The molecule has 0 spiro atoms. The number of rotatable bonds is 2. The number of nitrogen functional groups attached to an aromatic ring is 1. The number of nitrogens with two attached hydrogens (primary N) is 1. The second-order valence-corrected chi connectivity index (χ2v) is 2.84. The Hall–Kier alpha value is -1.79. The summed E-state index contributed by atoms with van der Waals surface area (Å²) >= 11 is 0. The van der Waals surface area contributed by atoms with Gasteiger partial charge in [-0.15, -0.1) is 0 Å². The molecule has 0 atom stereocenters. The fourth-order valence-corrected chi connectivity index (χ4v) is 0.980. The minimum atomic E-state index is -4.55. The smallest absolute Gasteiger partial charge is 0.417 e. The molecule has 7 heteroatoms. The van der Waals surface area contributed by atoms with Crippen molar-refractivity contribution in [3.63, 3.8) is 0 Å². The zero-order chi connectivity index (χ0) is 11.6. The van der Waals surface area contributed by atoms with Crippen LogP contribution < -0.4 is 5.73 Å². The van der Waals surface area contributed by atoms with Crippen LogP contribution in [0.5, 0.6) is 0 Å². The maximum atomic E-state index is 12.2. The number of nitrogens with zero attached hydrogens (tertiary/aromatic N) is 1. The van der Waals surface area contributed by atoms with E-state index in [1.54, 1.807) is 0 Å². The van der Waals surface area contributed by atoms with Crippen molar-refractivity contribution in [2.24, 2.45) is 0 Å². The van der Waals surface area contributed by atoms with E-state index in [2.05, 4.69) is 4.98 Å². The molecular weight excluding hydrogens is 213 g/mol. The van der Waals surface area contributed by atoms with E-state index in [0.717, 1.165) is 0 Å². The minimum absolute atomic E-state index is 0.141. The van der Waals surface area contributed by atoms with Crippen molar-refractivity contribution < 1.29 is 23.1 Å². The molecule has 0 saturated carbocycles. The first-order valence-electron chi connectivity index (χ1n) is 3.84. The number of carboxylic acid groups (broad SMARTS) is 1. The first kappa shape index (κ1) is 11.3. The van der Waals surface area contributed by atoms with Crippen LogP contribution in [0.1, 0.15) is 11.1 Å². The molecule has 0 aliphatic rings. The van der Waals surface area contributed by atoms with E-state index in [1.165, 1.54) is 0 Å². The Balaban J connectivity index is 3.11. The summed E-state index contributed by atoms with van der Waals surface area (Å²) in [5.74, 6) is -1.46. The molecule has 1 rings (SSSR count). The van der Waals surface area contributed by atoms with E-state index >= 15 is 0 Å². The minimum Gasteiger partial charge on any atom is -0.481 e. The van der Waals surface area contributed by atoms with Gasteiger partial charge in [-0.3, -0.25) is 4.79 Å². The van der Waals surface area contributed by atoms with E-state index in [9.17, 15) is 18.0 Å². The van der Waals surface area contributed by atoms with Crippen molar-refractivity contribution in [2.45, 2.75) is 12.6 Å². The molecule has 0 unspecified atom stereocenters. The predicted molar refractivity (Wildman–Crippen MR) is 45.0 cm³/mol. The quantitative estimate of drug-likeness (QED) is 0.787. The third-order valence-electron chi connectivity index (χ3n) is 1.67. The number of carbonyl (C=O) groups is 1. The predicted octanol–water partition coefficient (Wildman–Crippen LogP) is 1.31. The van der Waals surface area contributed by atoms with E-state index < -0.39 is 24.1 Å². The van der Waals surface area contributed by atoms with Gasteiger partial charge < -0.3 is 10.8 Å². The monoisotopic (exact) mass is 220 g/mol. The molecular formula is C8H7F3N2O2. The Morgan fingerprint density at radius 1 is 1.53 bits per heavy atom. The molecule has 0 fully saturated rings. The van der Waals surface area contributed by atoms with Gasteiger partial charge in [-0.25, -0.2) is 4.98 Å². The summed E-state index contributed by atoms with van der Waals surface area (Å²) in [4.78, 5) is 13.6. The van der Waals surface area contributed by atoms with Crippen molar-refractivity contribution in [3.8, 4) is 0 Å². The van der Waals surface area contributed by atoms with Crippen LogP contribution in [0.2, 0.25) is 0 Å². The summed E-state index contributed by atoms with van der Waals surface area (Å²) < 4.78 is 36.6. The molecule has 0 amide bonds. The first-order valence-corrected chi connectivity index (χ1v) is 3.84. The highest BCUT2D eigenvalue weighted by atomic mass is 19.4. The van der Waals surface area contributed by atoms with Gasteiger partial charge in [0.15, 0.2) is 0 Å². The Morgan fingerprint density at radius 3 is 2.60 bits per heavy atom. The van der Waals surface area contributed by atoms with Crippen LogP contribution in [0.15, 0.2) is 12.3 Å². The molecule has 0 saturated heterocycles. The summed E-state index contributed by atoms with van der Waals surface area (Å²) in [6, 6.07) is 0.691. The molecule has 4 nitrogen and oxygen atoms in total. The summed E-state index contributed by atoms with van der Waals surface area (Å²) in [6.45, 7) is 0. The van der Waals surface area contributed by atoms with Crippen LogP contribution in [0.25, 0.3) is 0 Å². The normalized spacial score (nSPS) is 11.4. The maximum Gasteiger partial charge on any atom is 0.417 e. The van der Waals surface area contributed by atoms with E-state index in [1.807, 2.05) is 0 Å². The molecule has 0 aliphatic heterocycles. The second kappa shape index (κ2) is 3.76. The molecule has 1 aromatic heterocycles. The molecule has 0 radical (unpaired) electrons. The lowest BCUT2D eigenvalue weighted by molar-refractivity contribution is -0.139. The van der Waals surface area contributed by atoms with E-state index in [-0.39, 0.29) is 11.4 Å². The first-order chi connectivity index (χ1) is 6.80. The zero-order valence-corrected chi connectivity index (χ0v) is 7.38. The van der Waals surface area contributed by atoms with E-state index in [0.29, 0.717) is 12.3 Å². The Bertz CT molecular complexity index is 390. The average Bonchev–Trinajstić information content (AvgIpc) is 2.06. The van der Waals surface area contributed by atoms with Gasteiger partial charge in [-0.2, -0.15) is 13.2 Å². The number of carboxylic acids is 1. The Morgan fingerprint density at radius 2 is 2.13 bits per heavy atom.